The minimum Gasteiger partial charge on any atom is -0.343 e. The third-order valence-corrected chi connectivity index (χ3v) is 4.04. The molecular formula is C18H19N3S. The first kappa shape index (κ1) is 16.2. The van der Waals surface area contributed by atoms with E-state index in [0.717, 1.165) is 26.7 Å². The Balaban J connectivity index is 2.74. The number of allylic oxidation sites excluding steroid dienone is 2. The molecule has 0 saturated heterocycles. The minimum absolute atomic E-state index is 0.615. The monoisotopic (exact) mass is 309 g/mol. The molecule has 0 radical (unpaired) electrons. The van der Waals surface area contributed by atoms with E-state index in [4.69, 9.17) is 5.14 Å². The predicted molar refractivity (Wildman–Crippen MR) is 94.3 cm³/mol. The number of aromatic nitrogens is 1. The van der Waals surface area contributed by atoms with Crippen molar-refractivity contribution in [3.63, 3.8) is 0 Å². The van der Waals surface area contributed by atoms with Crippen LogP contribution >= 0.6 is 11.9 Å². The predicted octanol–water partition coefficient (Wildman–Crippen LogP) is 2.69. The number of rotatable bonds is 3. The van der Waals surface area contributed by atoms with Gasteiger partial charge >= 0.3 is 0 Å². The van der Waals surface area contributed by atoms with Crippen LogP contribution in [0.4, 0.5) is 0 Å². The summed E-state index contributed by atoms with van der Waals surface area (Å²) in [5.41, 5.74) is 3.68. The first-order chi connectivity index (χ1) is 10.5. The molecule has 0 saturated carbocycles. The summed E-state index contributed by atoms with van der Waals surface area (Å²) in [5.74, 6) is 0. The van der Waals surface area contributed by atoms with Crippen LogP contribution in [0.1, 0.15) is 19.4 Å². The maximum atomic E-state index is 9.52. The van der Waals surface area contributed by atoms with Gasteiger partial charge in [-0.25, -0.2) is 0 Å². The summed E-state index contributed by atoms with van der Waals surface area (Å²) >= 11 is 1.21. The van der Waals surface area contributed by atoms with E-state index in [9.17, 15) is 5.26 Å². The van der Waals surface area contributed by atoms with E-state index in [1.54, 1.807) is 0 Å². The fourth-order valence-electron chi connectivity index (χ4n) is 2.37. The molecule has 1 heterocycles. The van der Waals surface area contributed by atoms with Gasteiger partial charge in [0.15, 0.2) is 0 Å². The molecule has 0 fully saturated rings. The molecule has 3 nitrogen and oxygen atoms in total. The van der Waals surface area contributed by atoms with Crippen LogP contribution in [-0.2, 0) is 7.05 Å². The number of benzene rings is 1. The highest BCUT2D eigenvalue weighted by molar-refractivity contribution is 7.97. The van der Waals surface area contributed by atoms with Gasteiger partial charge in [-0.3, -0.25) is 5.14 Å². The lowest BCUT2D eigenvalue weighted by atomic mass is 10.1. The van der Waals surface area contributed by atoms with Crippen molar-refractivity contribution in [2.24, 2.45) is 12.2 Å². The van der Waals surface area contributed by atoms with Crippen molar-refractivity contribution in [1.29, 1.82) is 5.26 Å². The Morgan fingerprint density at radius 2 is 1.95 bits per heavy atom. The maximum Gasteiger partial charge on any atom is 0.102 e. The SMILES string of the molecule is C=c1c(C#N)c(-c2ccc(SN)cc2)n(C)/c1=C/C=C(C)C. The molecule has 0 aliphatic carbocycles. The molecule has 0 aliphatic rings. The lowest BCUT2D eigenvalue weighted by Gasteiger charge is -2.05. The zero-order valence-electron chi connectivity index (χ0n) is 13.1. The van der Waals surface area contributed by atoms with Crippen molar-refractivity contribution < 1.29 is 0 Å². The highest BCUT2D eigenvalue weighted by atomic mass is 32.2. The zero-order chi connectivity index (χ0) is 16.3. The smallest absolute Gasteiger partial charge is 0.102 e. The molecule has 112 valence electrons. The fourth-order valence-corrected chi connectivity index (χ4v) is 2.66. The summed E-state index contributed by atoms with van der Waals surface area (Å²) < 4.78 is 2.02. The van der Waals surface area contributed by atoms with Gasteiger partial charge in [0.2, 0.25) is 0 Å². The van der Waals surface area contributed by atoms with Crippen LogP contribution in [-0.4, -0.2) is 4.57 Å². The normalized spacial score (nSPS) is 11.3. The minimum atomic E-state index is 0.615. The van der Waals surface area contributed by atoms with Crippen molar-refractivity contribution in [2.45, 2.75) is 18.7 Å². The van der Waals surface area contributed by atoms with Crippen molar-refractivity contribution in [1.82, 2.24) is 4.57 Å². The van der Waals surface area contributed by atoms with Crippen molar-refractivity contribution in [2.75, 3.05) is 0 Å². The second kappa shape index (κ2) is 6.69. The number of nitrogens with two attached hydrogens (primary N) is 1. The van der Waals surface area contributed by atoms with E-state index in [2.05, 4.69) is 12.6 Å². The van der Waals surface area contributed by atoms with Gasteiger partial charge in [-0.1, -0.05) is 30.4 Å². The van der Waals surface area contributed by atoms with E-state index in [1.807, 2.05) is 61.9 Å². The van der Waals surface area contributed by atoms with Crippen molar-refractivity contribution in [3.05, 3.63) is 52.0 Å². The number of hydrogen-bond donors (Lipinski definition) is 1. The Bertz CT molecular complexity index is 861. The summed E-state index contributed by atoms with van der Waals surface area (Å²) in [6.07, 6.45) is 4.04. The second-order valence-electron chi connectivity index (χ2n) is 5.31. The molecule has 2 rings (SSSR count). The number of hydrogen-bond acceptors (Lipinski definition) is 3. The zero-order valence-corrected chi connectivity index (χ0v) is 13.9. The Morgan fingerprint density at radius 1 is 1.32 bits per heavy atom. The van der Waals surface area contributed by atoms with E-state index in [-0.39, 0.29) is 0 Å². The molecule has 0 bridgehead atoms. The largest absolute Gasteiger partial charge is 0.343 e. The summed E-state index contributed by atoms with van der Waals surface area (Å²) in [4.78, 5) is 0.989. The Kier molecular flexibility index (Phi) is 4.92. The highest BCUT2D eigenvalue weighted by Crippen LogP contribution is 2.22. The molecule has 1 aromatic carbocycles. The van der Waals surface area contributed by atoms with Crippen LogP contribution in [0.3, 0.4) is 0 Å². The summed E-state index contributed by atoms with van der Waals surface area (Å²) in [7, 11) is 1.96. The van der Waals surface area contributed by atoms with Crippen LogP contribution in [0.2, 0.25) is 0 Å². The third-order valence-electron chi connectivity index (χ3n) is 3.49. The third kappa shape index (κ3) is 3.01. The van der Waals surface area contributed by atoms with Crippen LogP contribution in [0.25, 0.3) is 23.9 Å². The van der Waals surface area contributed by atoms with E-state index in [0.29, 0.717) is 5.56 Å². The van der Waals surface area contributed by atoms with Crippen molar-refractivity contribution >= 4 is 24.6 Å². The van der Waals surface area contributed by atoms with Gasteiger partial charge in [0.25, 0.3) is 0 Å². The van der Waals surface area contributed by atoms with Gasteiger partial charge in [0, 0.05) is 22.5 Å². The number of nitriles is 1. The standard InChI is InChI=1S/C18H19N3S/c1-12(2)5-10-17-13(3)16(11-19)18(21(17)4)14-6-8-15(22-20)9-7-14/h5-10H,3,20H2,1-2,4H3/b17-10+. The molecule has 1 aromatic heterocycles. The van der Waals surface area contributed by atoms with E-state index in [1.165, 1.54) is 17.5 Å². The average molecular weight is 309 g/mol. The first-order valence-electron chi connectivity index (χ1n) is 6.89. The quantitative estimate of drug-likeness (QED) is 0.887. The van der Waals surface area contributed by atoms with Gasteiger partial charge in [0.05, 0.1) is 11.3 Å². The van der Waals surface area contributed by atoms with E-state index >= 15 is 0 Å². The second-order valence-corrected chi connectivity index (χ2v) is 6.02. The van der Waals surface area contributed by atoms with Gasteiger partial charge in [-0.05, 0) is 49.6 Å². The van der Waals surface area contributed by atoms with Gasteiger partial charge in [-0.15, -0.1) is 0 Å². The van der Waals surface area contributed by atoms with Gasteiger partial charge in [-0.2, -0.15) is 5.26 Å². The molecule has 0 amide bonds. The topological polar surface area (TPSA) is 54.7 Å². The Hall–Kier alpha value is -2.22. The van der Waals surface area contributed by atoms with Gasteiger partial charge < -0.3 is 4.57 Å². The lowest BCUT2D eigenvalue weighted by molar-refractivity contribution is 0.897. The van der Waals surface area contributed by atoms with Crippen LogP contribution in [0, 0.1) is 11.3 Å². The first-order valence-corrected chi connectivity index (χ1v) is 7.77. The summed E-state index contributed by atoms with van der Waals surface area (Å²) in [6.45, 7) is 8.16. The van der Waals surface area contributed by atoms with Gasteiger partial charge in [0.1, 0.15) is 6.07 Å². The van der Waals surface area contributed by atoms with Crippen LogP contribution in [0.15, 0.2) is 40.8 Å². The summed E-state index contributed by atoms with van der Waals surface area (Å²) in [6, 6.07) is 10.2. The molecule has 0 unspecified atom stereocenters. The maximum absolute atomic E-state index is 9.52. The lowest BCUT2D eigenvalue weighted by Crippen LogP contribution is -2.27. The molecule has 2 aromatic rings. The molecule has 0 spiro atoms. The molecule has 0 atom stereocenters. The molecule has 2 N–H and O–H groups in total. The number of nitrogens with zero attached hydrogens (tertiary/aromatic N) is 2. The van der Waals surface area contributed by atoms with E-state index < -0.39 is 0 Å². The average Bonchev–Trinajstić information content (AvgIpc) is 2.75. The van der Waals surface area contributed by atoms with Crippen molar-refractivity contribution in [3.8, 4) is 17.3 Å². The Morgan fingerprint density at radius 3 is 2.45 bits per heavy atom. The molecule has 0 aliphatic heterocycles. The fraction of sp³-hybridized carbons (Fsp3) is 0.167. The highest BCUT2D eigenvalue weighted by Gasteiger charge is 2.13. The molecule has 22 heavy (non-hydrogen) atoms. The van der Waals surface area contributed by atoms with Crippen LogP contribution < -0.4 is 15.7 Å². The van der Waals surface area contributed by atoms with Crippen LogP contribution in [0.5, 0.6) is 0 Å². The Labute approximate surface area is 135 Å². The molecular weight excluding hydrogens is 290 g/mol. The molecule has 4 heteroatoms. The summed E-state index contributed by atoms with van der Waals surface area (Å²) in [5, 5.41) is 16.8.